The summed E-state index contributed by atoms with van der Waals surface area (Å²) in [5.74, 6) is -2.93. The SMILES string of the molecule is CO[C@H](c1cc(F)c(C)c(F)c1)[C@H](OC)c1cc(F)c(C)c(F)c1. The molecule has 0 unspecified atom stereocenters. The first-order valence-electron chi connectivity index (χ1n) is 7.26. The minimum Gasteiger partial charge on any atom is -0.374 e. The lowest BCUT2D eigenvalue weighted by Crippen LogP contribution is -2.17. The van der Waals surface area contributed by atoms with E-state index in [1.807, 2.05) is 0 Å². The van der Waals surface area contributed by atoms with Crippen LogP contribution in [-0.2, 0) is 9.47 Å². The average molecular weight is 342 g/mol. The van der Waals surface area contributed by atoms with Crippen molar-refractivity contribution in [1.82, 2.24) is 0 Å². The van der Waals surface area contributed by atoms with Crippen LogP contribution in [0.3, 0.4) is 0 Å². The highest BCUT2D eigenvalue weighted by Gasteiger charge is 2.28. The van der Waals surface area contributed by atoms with E-state index in [0.29, 0.717) is 0 Å². The van der Waals surface area contributed by atoms with Gasteiger partial charge in [-0.3, -0.25) is 0 Å². The van der Waals surface area contributed by atoms with Crippen molar-refractivity contribution >= 4 is 0 Å². The van der Waals surface area contributed by atoms with E-state index in [-0.39, 0.29) is 22.3 Å². The maximum Gasteiger partial charge on any atom is 0.129 e. The zero-order valence-corrected chi connectivity index (χ0v) is 13.8. The Bertz CT molecular complexity index is 636. The quantitative estimate of drug-likeness (QED) is 0.717. The highest BCUT2D eigenvalue weighted by atomic mass is 19.1. The summed E-state index contributed by atoms with van der Waals surface area (Å²) < 4.78 is 65.9. The zero-order valence-electron chi connectivity index (χ0n) is 13.8. The molecule has 2 nitrogen and oxygen atoms in total. The van der Waals surface area contributed by atoms with Crippen LogP contribution in [0.25, 0.3) is 0 Å². The molecule has 2 aromatic rings. The summed E-state index contributed by atoms with van der Waals surface area (Å²) in [6.45, 7) is 2.63. The van der Waals surface area contributed by atoms with Crippen LogP contribution in [0, 0.1) is 37.1 Å². The third-order valence-electron chi connectivity index (χ3n) is 4.05. The maximum atomic E-state index is 13.8. The highest BCUT2D eigenvalue weighted by Crippen LogP contribution is 2.36. The smallest absolute Gasteiger partial charge is 0.129 e. The Labute approximate surface area is 138 Å². The Kier molecular flexibility index (Phi) is 5.62. The summed E-state index contributed by atoms with van der Waals surface area (Å²) in [6.07, 6.45) is -1.89. The first-order valence-corrected chi connectivity index (χ1v) is 7.26. The second-order valence-electron chi connectivity index (χ2n) is 5.53. The Morgan fingerprint density at radius 2 is 0.875 bits per heavy atom. The molecule has 2 aromatic carbocycles. The first kappa shape index (κ1) is 18.4. The van der Waals surface area contributed by atoms with Crippen molar-refractivity contribution in [2.24, 2.45) is 0 Å². The van der Waals surface area contributed by atoms with Gasteiger partial charge in [-0.25, -0.2) is 17.6 Å². The normalized spacial score (nSPS) is 13.8. The van der Waals surface area contributed by atoms with E-state index >= 15 is 0 Å². The van der Waals surface area contributed by atoms with Crippen LogP contribution in [0.4, 0.5) is 17.6 Å². The van der Waals surface area contributed by atoms with Gasteiger partial charge in [-0.2, -0.15) is 0 Å². The van der Waals surface area contributed by atoms with Gasteiger partial charge in [-0.1, -0.05) is 0 Å². The Hall–Kier alpha value is -1.92. The number of ether oxygens (including phenoxy) is 2. The Morgan fingerprint density at radius 1 is 0.625 bits per heavy atom. The molecule has 130 valence electrons. The fourth-order valence-electron chi connectivity index (χ4n) is 2.53. The minimum absolute atomic E-state index is 0.116. The number of hydrogen-bond acceptors (Lipinski definition) is 2. The lowest BCUT2D eigenvalue weighted by Gasteiger charge is -2.26. The van der Waals surface area contributed by atoms with Crippen LogP contribution < -0.4 is 0 Å². The van der Waals surface area contributed by atoms with E-state index < -0.39 is 35.5 Å². The van der Waals surface area contributed by atoms with Crippen LogP contribution in [-0.4, -0.2) is 14.2 Å². The number of benzene rings is 2. The molecule has 24 heavy (non-hydrogen) atoms. The fraction of sp³-hybridized carbons (Fsp3) is 0.333. The summed E-state index contributed by atoms with van der Waals surface area (Å²) >= 11 is 0. The van der Waals surface area contributed by atoms with Crippen LogP contribution in [0.5, 0.6) is 0 Å². The van der Waals surface area contributed by atoms with E-state index in [2.05, 4.69) is 0 Å². The van der Waals surface area contributed by atoms with Gasteiger partial charge in [-0.15, -0.1) is 0 Å². The maximum absolute atomic E-state index is 13.8. The van der Waals surface area contributed by atoms with E-state index in [1.165, 1.54) is 28.1 Å². The largest absolute Gasteiger partial charge is 0.374 e. The fourth-order valence-corrected chi connectivity index (χ4v) is 2.53. The predicted molar refractivity (Wildman–Crippen MR) is 81.7 cm³/mol. The topological polar surface area (TPSA) is 18.5 Å². The van der Waals surface area contributed by atoms with Gasteiger partial charge in [0.05, 0.1) is 0 Å². The second-order valence-corrected chi connectivity index (χ2v) is 5.53. The van der Waals surface area contributed by atoms with Crippen LogP contribution in [0.15, 0.2) is 24.3 Å². The number of hydrogen-bond donors (Lipinski definition) is 0. The third kappa shape index (κ3) is 3.44. The zero-order chi connectivity index (χ0) is 18.0. The van der Waals surface area contributed by atoms with E-state index in [0.717, 1.165) is 24.3 Å². The van der Waals surface area contributed by atoms with Crippen molar-refractivity contribution in [3.05, 3.63) is 69.8 Å². The Morgan fingerprint density at radius 3 is 1.08 bits per heavy atom. The Balaban J connectivity index is 2.51. The molecule has 0 amide bonds. The van der Waals surface area contributed by atoms with Crippen molar-refractivity contribution in [3.63, 3.8) is 0 Å². The van der Waals surface area contributed by atoms with Gasteiger partial charge in [-0.05, 0) is 49.2 Å². The molecule has 0 aliphatic carbocycles. The molecule has 0 aliphatic rings. The van der Waals surface area contributed by atoms with E-state index in [9.17, 15) is 17.6 Å². The summed E-state index contributed by atoms with van der Waals surface area (Å²) in [7, 11) is 2.65. The molecule has 0 bridgehead atoms. The monoisotopic (exact) mass is 342 g/mol. The van der Waals surface area contributed by atoms with Gasteiger partial charge >= 0.3 is 0 Å². The standard InChI is InChI=1S/C18H18F4O2/c1-9-13(19)5-11(6-14(9)20)17(23-3)18(24-4)12-7-15(21)10(2)16(22)8-12/h5-8,17-18H,1-4H3/t17-,18-/m1/s1. The molecule has 2 rings (SSSR count). The predicted octanol–water partition coefficient (Wildman–Crippen LogP) is 4.94. The van der Waals surface area contributed by atoms with E-state index in [4.69, 9.17) is 9.47 Å². The summed E-state index contributed by atoms with van der Waals surface area (Å²) in [5, 5.41) is 0. The average Bonchev–Trinajstić information content (AvgIpc) is 2.54. The van der Waals surface area contributed by atoms with Gasteiger partial charge < -0.3 is 9.47 Å². The molecule has 6 heteroatoms. The van der Waals surface area contributed by atoms with Crippen molar-refractivity contribution in [2.45, 2.75) is 26.1 Å². The van der Waals surface area contributed by atoms with Gasteiger partial charge in [0.15, 0.2) is 0 Å². The molecule has 0 aliphatic heterocycles. The van der Waals surface area contributed by atoms with Gasteiger partial charge in [0.2, 0.25) is 0 Å². The molecule has 0 aromatic heterocycles. The first-order chi connectivity index (χ1) is 11.3. The highest BCUT2D eigenvalue weighted by molar-refractivity contribution is 5.32. The molecule has 0 fully saturated rings. The van der Waals surface area contributed by atoms with Crippen molar-refractivity contribution < 1.29 is 27.0 Å². The lowest BCUT2D eigenvalue weighted by molar-refractivity contribution is -0.0402. The van der Waals surface area contributed by atoms with Crippen molar-refractivity contribution in [3.8, 4) is 0 Å². The molecule has 0 saturated carbocycles. The molecule has 0 heterocycles. The number of halogens is 4. The molecule has 0 N–H and O–H groups in total. The third-order valence-corrected chi connectivity index (χ3v) is 4.05. The molecular weight excluding hydrogens is 324 g/mol. The lowest BCUT2D eigenvalue weighted by atomic mass is 9.95. The van der Waals surface area contributed by atoms with Crippen LogP contribution in [0.1, 0.15) is 34.5 Å². The summed E-state index contributed by atoms with van der Waals surface area (Å²) in [5.41, 5.74) is 0.114. The number of methoxy groups -OCH3 is 2. The molecule has 0 spiro atoms. The van der Waals surface area contributed by atoms with Gasteiger partial charge in [0.25, 0.3) is 0 Å². The molecule has 0 radical (unpaired) electrons. The van der Waals surface area contributed by atoms with Crippen molar-refractivity contribution in [1.29, 1.82) is 0 Å². The van der Waals surface area contributed by atoms with Gasteiger partial charge in [0.1, 0.15) is 35.5 Å². The van der Waals surface area contributed by atoms with Crippen LogP contribution in [0.2, 0.25) is 0 Å². The number of rotatable bonds is 5. The van der Waals surface area contributed by atoms with Crippen LogP contribution >= 0.6 is 0 Å². The minimum atomic E-state index is -0.943. The molecule has 2 atom stereocenters. The molecular formula is C18H18F4O2. The summed E-state index contributed by atoms with van der Waals surface area (Å²) in [4.78, 5) is 0. The van der Waals surface area contributed by atoms with Gasteiger partial charge in [0, 0.05) is 25.3 Å². The molecule has 0 saturated heterocycles. The van der Waals surface area contributed by atoms with E-state index in [1.54, 1.807) is 0 Å². The second kappa shape index (κ2) is 7.32. The summed E-state index contributed by atoms with van der Waals surface area (Å²) in [6, 6.07) is 4.50. The van der Waals surface area contributed by atoms with Crippen molar-refractivity contribution in [2.75, 3.05) is 14.2 Å².